The van der Waals surface area contributed by atoms with E-state index in [1.807, 2.05) is 13.1 Å². The van der Waals surface area contributed by atoms with Crippen LogP contribution in [0.1, 0.15) is 30.4 Å². The largest absolute Gasteiger partial charge is 0.462 e. The number of nitrogen functional groups attached to an aromatic ring is 1. The molecule has 0 radical (unpaired) electrons. The van der Waals surface area contributed by atoms with Crippen molar-refractivity contribution in [1.82, 2.24) is 20.2 Å². The van der Waals surface area contributed by atoms with Gasteiger partial charge < -0.3 is 30.3 Å². The molecule has 2 aliphatic rings. The van der Waals surface area contributed by atoms with Gasteiger partial charge in [-0.3, -0.25) is 0 Å². The number of nitrogens with one attached hydrogen (secondary N) is 1. The molecule has 2 saturated heterocycles. The first-order chi connectivity index (χ1) is 21.9. The molecular weight excluding hydrogens is 629 g/mol. The lowest BCUT2D eigenvalue weighted by molar-refractivity contribution is -0.137. The third-order valence-corrected chi connectivity index (χ3v) is 9.99. The molecule has 244 valence electrons. The molecule has 0 bridgehead atoms. The summed E-state index contributed by atoms with van der Waals surface area (Å²) in [5.74, 6) is -2.03. The van der Waals surface area contributed by atoms with Crippen LogP contribution in [-0.4, -0.2) is 80.5 Å². The third kappa shape index (κ3) is 5.57. The summed E-state index contributed by atoms with van der Waals surface area (Å²) in [5, 5.41) is 12.7. The van der Waals surface area contributed by atoms with Crippen molar-refractivity contribution in [3.63, 3.8) is 0 Å². The number of likely N-dealkylation sites (N-methyl/N-ethyl adjacent to an activating group) is 2. The Labute approximate surface area is 265 Å². The Morgan fingerprint density at radius 1 is 1.22 bits per heavy atom. The van der Waals surface area contributed by atoms with Crippen molar-refractivity contribution < 1.29 is 31.4 Å². The fourth-order valence-electron chi connectivity index (χ4n) is 6.60. The Morgan fingerprint density at radius 3 is 2.67 bits per heavy atom. The number of methoxy groups -OCH3 is 1. The van der Waals surface area contributed by atoms with Crippen LogP contribution in [0.4, 0.5) is 32.8 Å². The summed E-state index contributed by atoms with van der Waals surface area (Å²) in [4.78, 5) is 12.7. The van der Waals surface area contributed by atoms with Gasteiger partial charge in [-0.2, -0.15) is 28.4 Å². The highest BCUT2D eigenvalue weighted by Crippen LogP contribution is 2.48. The molecule has 4 aromatic rings. The van der Waals surface area contributed by atoms with Crippen molar-refractivity contribution in [2.45, 2.75) is 43.6 Å². The van der Waals surface area contributed by atoms with Gasteiger partial charge in [-0.25, -0.2) is 8.78 Å². The zero-order valence-electron chi connectivity index (χ0n) is 25.3. The number of benzene rings is 2. The summed E-state index contributed by atoms with van der Waals surface area (Å²) in [7, 11) is 5.21. The summed E-state index contributed by atoms with van der Waals surface area (Å²) in [6.45, 7) is 2.07. The number of hydrogen-bond acceptors (Lipinski definition) is 10. The van der Waals surface area contributed by atoms with Crippen LogP contribution in [0, 0.1) is 23.0 Å². The lowest BCUT2D eigenvalue weighted by Crippen LogP contribution is -2.44. The van der Waals surface area contributed by atoms with Crippen LogP contribution in [-0.2, 0) is 10.9 Å². The summed E-state index contributed by atoms with van der Waals surface area (Å²) < 4.78 is 87.6. The molecule has 15 heteroatoms. The van der Waals surface area contributed by atoms with E-state index in [0.29, 0.717) is 30.9 Å². The van der Waals surface area contributed by atoms with Gasteiger partial charge in [0.25, 0.3) is 0 Å². The van der Waals surface area contributed by atoms with Gasteiger partial charge in [-0.1, -0.05) is 6.07 Å². The smallest absolute Gasteiger partial charge is 0.417 e. The van der Waals surface area contributed by atoms with Crippen molar-refractivity contribution in [2.24, 2.45) is 0 Å². The Morgan fingerprint density at radius 2 is 2.00 bits per heavy atom. The van der Waals surface area contributed by atoms with E-state index in [0.717, 1.165) is 37.6 Å². The van der Waals surface area contributed by atoms with Crippen molar-refractivity contribution in [1.29, 1.82) is 5.26 Å². The van der Waals surface area contributed by atoms with Crippen molar-refractivity contribution in [3.8, 4) is 23.2 Å². The van der Waals surface area contributed by atoms with Crippen molar-refractivity contribution in [2.75, 3.05) is 58.1 Å². The van der Waals surface area contributed by atoms with Gasteiger partial charge in [0.05, 0.1) is 28.5 Å². The number of rotatable bonds is 8. The second kappa shape index (κ2) is 12.4. The summed E-state index contributed by atoms with van der Waals surface area (Å²) in [6.07, 6.45) is -2.56. The Kier molecular flexibility index (Phi) is 8.66. The van der Waals surface area contributed by atoms with E-state index in [1.54, 1.807) is 19.1 Å². The monoisotopic (exact) mass is 661 g/mol. The number of anilines is 2. The Balaban J connectivity index is 1.61. The van der Waals surface area contributed by atoms with Gasteiger partial charge in [0.2, 0.25) is 0 Å². The molecule has 46 heavy (non-hydrogen) atoms. The normalized spacial score (nSPS) is 20.5. The molecule has 3 atom stereocenters. The molecule has 0 saturated carbocycles. The molecular formula is C31H32F5N7O2S. The van der Waals surface area contributed by atoms with E-state index in [-0.39, 0.29) is 68.2 Å². The van der Waals surface area contributed by atoms with Crippen LogP contribution in [0.5, 0.6) is 6.01 Å². The maximum Gasteiger partial charge on any atom is 0.417 e. The number of fused-ring (bicyclic) bond motifs is 2. The Bertz CT molecular complexity index is 1840. The van der Waals surface area contributed by atoms with Crippen LogP contribution in [0.3, 0.4) is 0 Å². The maximum absolute atomic E-state index is 16.9. The van der Waals surface area contributed by atoms with Crippen LogP contribution >= 0.6 is 11.3 Å². The fourth-order valence-corrected chi connectivity index (χ4v) is 7.55. The van der Waals surface area contributed by atoms with Crippen LogP contribution in [0.15, 0.2) is 18.2 Å². The zero-order chi connectivity index (χ0) is 32.9. The molecule has 2 aliphatic heterocycles. The van der Waals surface area contributed by atoms with Gasteiger partial charge in [0.1, 0.15) is 34.8 Å². The first-order valence-corrected chi connectivity index (χ1v) is 15.6. The molecule has 2 aromatic heterocycles. The number of nitrogens with two attached hydrogens (primary N) is 1. The zero-order valence-corrected chi connectivity index (χ0v) is 26.2. The first-order valence-electron chi connectivity index (χ1n) is 14.7. The molecule has 2 aromatic carbocycles. The van der Waals surface area contributed by atoms with E-state index < -0.39 is 34.5 Å². The highest BCUT2D eigenvalue weighted by Gasteiger charge is 2.39. The van der Waals surface area contributed by atoms with E-state index in [1.165, 1.54) is 0 Å². The molecule has 3 N–H and O–H groups in total. The number of nitrogens with zero attached hydrogens (tertiary/aromatic N) is 5. The number of nitriles is 1. The van der Waals surface area contributed by atoms with Crippen LogP contribution in [0.25, 0.3) is 32.1 Å². The Hall–Kier alpha value is -3.84. The van der Waals surface area contributed by atoms with Gasteiger partial charge in [0, 0.05) is 42.6 Å². The second-order valence-corrected chi connectivity index (χ2v) is 12.7. The summed E-state index contributed by atoms with van der Waals surface area (Å²) >= 11 is 0.712. The van der Waals surface area contributed by atoms with Crippen molar-refractivity contribution >= 4 is 43.1 Å². The van der Waals surface area contributed by atoms with E-state index in [9.17, 15) is 22.8 Å². The van der Waals surface area contributed by atoms with Gasteiger partial charge in [-0.05, 0) is 57.1 Å². The van der Waals surface area contributed by atoms with Crippen LogP contribution in [0.2, 0.25) is 0 Å². The molecule has 2 fully saturated rings. The van der Waals surface area contributed by atoms with E-state index in [2.05, 4.69) is 20.2 Å². The number of halogens is 5. The minimum atomic E-state index is -5.05. The first kappa shape index (κ1) is 32.1. The number of likely N-dealkylation sites (tertiary alicyclic amines) is 1. The topological polar surface area (TPSA) is 113 Å². The average Bonchev–Trinajstić information content (AvgIpc) is 3.74. The van der Waals surface area contributed by atoms with Crippen molar-refractivity contribution in [3.05, 3.63) is 41.0 Å². The molecule has 0 spiro atoms. The highest BCUT2D eigenvalue weighted by atomic mass is 32.1. The van der Waals surface area contributed by atoms with Gasteiger partial charge in [-0.15, -0.1) is 11.3 Å². The average molecular weight is 662 g/mol. The van der Waals surface area contributed by atoms with E-state index in [4.69, 9.17) is 15.2 Å². The van der Waals surface area contributed by atoms with Gasteiger partial charge >= 0.3 is 12.2 Å². The summed E-state index contributed by atoms with van der Waals surface area (Å²) in [5.41, 5.74) is 2.80. The minimum Gasteiger partial charge on any atom is -0.462 e. The molecule has 0 amide bonds. The SMILES string of the molecule is COCC1NCCC1N(C)c1nc(OCC2CCCN2C)nc2c(F)c(-c3ccc(F)c4sc(N)c(C#N)c34)c(C(F)(F)F)cc12. The number of thiophene rings is 1. The van der Waals surface area contributed by atoms with Crippen LogP contribution < -0.4 is 20.7 Å². The summed E-state index contributed by atoms with van der Waals surface area (Å²) in [6, 6.07) is 4.11. The number of aromatic nitrogens is 2. The minimum absolute atomic E-state index is 0.0623. The fraction of sp³-hybridized carbons (Fsp3) is 0.452. The standard InChI is InChI=1S/C31H32F5N7O2S/c1-42-10-4-5-15(42)13-45-30-40-26-17(29(41-30)43(2)22-8-9-39-21(22)14-44-3)11-19(31(34,35)36)24(25(26)33)16-6-7-20(32)27-23(16)18(12-37)28(38)46-27/h6-7,11,15,21-22,39H,4-5,8-10,13-14,38H2,1-3H3. The predicted molar refractivity (Wildman–Crippen MR) is 166 cm³/mol. The molecule has 0 aliphatic carbocycles. The molecule has 3 unspecified atom stereocenters. The van der Waals surface area contributed by atoms with Gasteiger partial charge in [0.15, 0.2) is 5.82 Å². The van der Waals surface area contributed by atoms with E-state index >= 15 is 4.39 Å². The number of ether oxygens (including phenoxy) is 2. The predicted octanol–water partition coefficient (Wildman–Crippen LogP) is 5.55. The maximum atomic E-state index is 16.9. The number of alkyl halides is 3. The lowest BCUT2D eigenvalue weighted by Gasteiger charge is -2.31. The molecule has 9 nitrogen and oxygen atoms in total. The molecule has 6 rings (SSSR count). The number of hydrogen-bond donors (Lipinski definition) is 2. The molecule has 4 heterocycles. The lowest BCUT2D eigenvalue weighted by atomic mass is 9.92. The highest BCUT2D eigenvalue weighted by molar-refractivity contribution is 7.23. The third-order valence-electron chi connectivity index (χ3n) is 8.96. The second-order valence-electron chi connectivity index (χ2n) is 11.7. The quantitative estimate of drug-likeness (QED) is 0.235.